The summed E-state index contributed by atoms with van der Waals surface area (Å²) in [5.74, 6) is 1.29. The van der Waals surface area contributed by atoms with Crippen LogP contribution in [0.4, 0.5) is 15.4 Å². The summed E-state index contributed by atoms with van der Waals surface area (Å²) < 4.78 is 1.12. The number of nitrogens with one attached hydrogen (secondary N) is 2. The molecule has 8 fully saturated rings. The number of amides is 7. The van der Waals surface area contributed by atoms with E-state index in [-0.39, 0.29) is 85.7 Å². The summed E-state index contributed by atoms with van der Waals surface area (Å²) in [6.07, 6.45) is 9.50. The molecule has 6 atom stereocenters. The first-order valence-electron chi connectivity index (χ1n) is 38.7. The molecule has 598 valence electrons. The Bertz CT molecular complexity index is 4180. The fourth-order valence-corrected chi connectivity index (χ4v) is 20.5. The molecular formula is C83H115Cl3N14O7S3. The van der Waals surface area contributed by atoms with Crippen LogP contribution in [0.1, 0.15) is 163 Å². The number of aryl methyl sites for hydroxylation is 7. The smallest absolute Gasteiger partial charge is 0.254 e. The van der Waals surface area contributed by atoms with Crippen molar-refractivity contribution in [3.8, 4) is 0 Å². The maximum absolute atomic E-state index is 13.6. The van der Waals surface area contributed by atoms with Crippen LogP contribution in [0.3, 0.4) is 0 Å². The molecule has 0 unspecified atom stereocenters. The van der Waals surface area contributed by atoms with E-state index < -0.39 is 0 Å². The van der Waals surface area contributed by atoms with Crippen molar-refractivity contribution in [1.82, 2.24) is 54.6 Å². The van der Waals surface area contributed by atoms with Crippen molar-refractivity contribution >= 4 is 126 Å². The van der Waals surface area contributed by atoms with E-state index in [0.29, 0.717) is 82.5 Å². The average Bonchev–Trinajstić information content (AvgIpc) is 1.58. The van der Waals surface area contributed by atoms with Crippen molar-refractivity contribution in [1.29, 1.82) is 0 Å². The molecule has 8 aliphatic rings. The fraction of sp³-hybridized carbons (Fsp3) is 0.590. The van der Waals surface area contributed by atoms with Crippen LogP contribution >= 0.6 is 68.8 Å². The van der Waals surface area contributed by atoms with Gasteiger partial charge in [0.2, 0.25) is 23.6 Å². The van der Waals surface area contributed by atoms with Gasteiger partial charge in [-0.05, 0) is 133 Å². The minimum absolute atomic E-state index is 0.0161. The van der Waals surface area contributed by atoms with Gasteiger partial charge in [0.25, 0.3) is 17.7 Å². The van der Waals surface area contributed by atoms with Gasteiger partial charge in [0, 0.05) is 203 Å². The third-order valence-corrected chi connectivity index (χ3v) is 28.4. The number of nitrogen functional groups attached to an aromatic ring is 1. The minimum atomic E-state index is -0.113. The SMILES string of the molecule is CC(=O)N1CCC(C(=O)N(CCCN2C[C@@]3(C)CN(C(=O)c4c(C)cccc4C)C[C@@]3(C)C2)c2ncc(Cl)s2)CC1.CC(=O)N1CCC(C(=O)Nc2ncc(Cl)s2)CC1.Cc1cccc(C)c1C(=O)N1C[C@]2(C)CN(CCCCl)C[C@]2(C)C1.Cc1cccc(C)c1C(=O)N1C[C@]2(C)CNC[C@]2(C)C1.Cc1cnc(N)s1. The number of alkyl halides is 1. The fourth-order valence-electron chi connectivity index (χ4n) is 18.1. The molecule has 0 radical (unpaired) electrons. The Labute approximate surface area is 678 Å². The quantitative estimate of drug-likeness (QED) is 0.0861. The lowest BCUT2D eigenvalue weighted by Crippen LogP contribution is -2.44. The van der Waals surface area contributed by atoms with E-state index in [2.05, 4.69) is 91.6 Å². The molecule has 6 aromatic rings. The number of aromatic nitrogens is 3. The lowest BCUT2D eigenvalue weighted by Gasteiger charge is -2.33. The van der Waals surface area contributed by atoms with Crippen LogP contribution in [0.5, 0.6) is 0 Å². The van der Waals surface area contributed by atoms with Gasteiger partial charge in [-0.2, -0.15) is 0 Å². The zero-order chi connectivity index (χ0) is 80.0. The third kappa shape index (κ3) is 19.4. The summed E-state index contributed by atoms with van der Waals surface area (Å²) in [5, 5.41) is 8.07. The van der Waals surface area contributed by atoms with E-state index >= 15 is 0 Å². The number of nitrogens with zero attached hydrogens (tertiary/aromatic N) is 11. The number of halogens is 3. The number of anilines is 3. The van der Waals surface area contributed by atoms with Crippen molar-refractivity contribution in [3.05, 3.63) is 137 Å². The molecule has 4 N–H and O–H groups in total. The first kappa shape index (κ1) is 85.8. The second-order valence-corrected chi connectivity index (χ2v) is 38.8. The Morgan fingerprint density at radius 2 is 0.873 bits per heavy atom. The number of carbonyl (C=O) groups is 7. The summed E-state index contributed by atoms with van der Waals surface area (Å²) >= 11 is 21.9. The van der Waals surface area contributed by atoms with Crippen molar-refractivity contribution < 1.29 is 33.6 Å². The zero-order valence-electron chi connectivity index (χ0n) is 67.2. The van der Waals surface area contributed by atoms with E-state index in [9.17, 15) is 33.6 Å². The first-order chi connectivity index (χ1) is 51.9. The van der Waals surface area contributed by atoms with E-state index in [1.165, 1.54) is 40.2 Å². The molecule has 110 heavy (non-hydrogen) atoms. The number of hydrogen-bond acceptors (Lipinski definition) is 17. The molecule has 3 aromatic carbocycles. The Morgan fingerprint density at radius 3 is 1.20 bits per heavy atom. The number of likely N-dealkylation sites (tertiary alicyclic amines) is 7. The zero-order valence-corrected chi connectivity index (χ0v) is 71.9. The van der Waals surface area contributed by atoms with Crippen LogP contribution in [0.25, 0.3) is 0 Å². The molecular weight excluding hydrogens is 1510 g/mol. The molecule has 0 aliphatic carbocycles. The number of fused-ring (bicyclic) bond motifs is 3. The molecule has 0 saturated carbocycles. The highest BCUT2D eigenvalue weighted by Crippen LogP contribution is 2.54. The maximum atomic E-state index is 13.6. The average molecular weight is 1620 g/mol. The highest BCUT2D eigenvalue weighted by Gasteiger charge is 2.60. The van der Waals surface area contributed by atoms with E-state index in [4.69, 9.17) is 40.5 Å². The molecule has 0 bridgehead atoms. The van der Waals surface area contributed by atoms with E-state index in [1.807, 2.05) is 113 Å². The van der Waals surface area contributed by atoms with Crippen LogP contribution < -0.4 is 21.3 Å². The second kappa shape index (κ2) is 35.8. The van der Waals surface area contributed by atoms with Crippen molar-refractivity contribution in [3.63, 3.8) is 0 Å². The van der Waals surface area contributed by atoms with Crippen molar-refractivity contribution in [2.24, 2.45) is 44.3 Å². The molecule has 11 heterocycles. The summed E-state index contributed by atoms with van der Waals surface area (Å²) in [5.41, 5.74) is 15.1. The van der Waals surface area contributed by atoms with Gasteiger partial charge in [-0.1, -0.05) is 142 Å². The van der Waals surface area contributed by atoms with Gasteiger partial charge in [-0.15, -0.1) is 22.9 Å². The molecule has 8 aliphatic heterocycles. The number of thiazole rings is 3. The van der Waals surface area contributed by atoms with Gasteiger partial charge in [0.15, 0.2) is 15.4 Å². The minimum Gasteiger partial charge on any atom is -0.375 e. The molecule has 7 amide bonds. The first-order valence-corrected chi connectivity index (χ1v) is 42.5. The lowest BCUT2D eigenvalue weighted by molar-refractivity contribution is -0.133. The number of carbonyl (C=O) groups excluding carboxylic acids is 7. The number of benzene rings is 3. The van der Waals surface area contributed by atoms with Crippen LogP contribution in [-0.4, -0.2) is 221 Å². The molecule has 21 nitrogen and oxygen atoms in total. The Balaban J connectivity index is 0.000000159. The van der Waals surface area contributed by atoms with Gasteiger partial charge in [0.1, 0.15) is 8.67 Å². The van der Waals surface area contributed by atoms with Crippen LogP contribution in [-0.2, 0) is 19.2 Å². The van der Waals surface area contributed by atoms with Crippen LogP contribution in [0.15, 0.2) is 73.2 Å². The number of rotatable bonds is 14. The van der Waals surface area contributed by atoms with E-state index in [0.717, 1.165) is 165 Å². The highest BCUT2D eigenvalue weighted by molar-refractivity contribution is 7.20. The predicted octanol–water partition coefficient (Wildman–Crippen LogP) is 14.0. The Hall–Kier alpha value is -6.61. The summed E-state index contributed by atoms with van der Waals surface area (Å²) in [7, 11) is 0. The summed E-state index contributed by atoms with van der Waals surface area (Å²) in [6, 6.07) is 18.2. The van der Waals surface area contributed by atoms with Gasteiger partial charge in [-0.3, -0.25) is 38.5 Å². The van der Waals surface area contributed by atoms with Crippen LogP contribution in [0.2, 0.25) is 8.67 Å². The molecule has 27 heteroatoms. The summed E-state index contributed by atoms with van der Waals surface area (Å²) in [4.78, 5) is 118. The van der Waals surface area contributed by atoms with Gasteiger partial charge < -0.3 is 50.7 Å². The van der Waals surface area contributed by atoms with Crippen molar-refractivity contribution in [2.45, 2.75) is 142 Å². The number of piperidine rings is 2. The topological polar surface area (TPSA) is 234 Å². The Morgan fingerprint density at radius 1 is 0.500 bits per heavy atom. The van der Waals surface area contributed by atoms with Crippen molar-refractivity contribution in [2.75, 3.05) is 146 Å². The van der Waals surface area contributed by atoms with Gasteiger partial charge >= 0.3 is 0 Å². The number of hydrogen-bond donors (Lipinski definition) is 3. The monoisotopic (exact) mass is 1620 g/mol. The molecule has 0 spiro atoms. The van der Waals surface area contributed by atoms with Gasteiger partial charge in [-0.25, -0.2) is 15.0 Å². The predicted molar refractivity (Wildman–Crippen MR) is 446 cm³/mol. The molecule has 3 aromatic heterocycles. The summed E-state index contributed by atoms with van der Waals surface area (Å²) in [6.45, 7) is 47.3. The molecule has 14 rings (SSSR count). The van der Waals surface area contributed by atoms with Crippen LogP contribution in [0, 0.1) is 92.8 Å². The van der Waals surface area contributed by atoms with Gasteiger partial charge in [0.05, 0.1) is 12.4 Å². The Kier molecular flexibility index (Phi) is 28.0. The lowest BCUT2D eigenvalue weighted by atomic mass is 9.71. The second-order valence-electron chi connectivity index (χ2n) is 33.8. The largest absolute Gasteiger partial charge is 0.375 e. The third-order valence-electron chi connectivity index (χ3n) is 25.3. The number of nitrogens with two attached hydrogens (primary N) is 1. The van der Waals surface area contributed by atoms with E-state index in [1.54, 1.807) is 31.1 Å². The normalized spacial score (nSPS) is 25.1. The molecule has 8 saturated heterocycles. The maximum Gasteiger partial charge on any atom is 0.254 e. The standard InChI is InChI=1S/C31H42ClN5O3S.C20H29ClN2O.C17H24N2O.C11H14ClN3O2S.C4H6N2S/c1-21-8-6-9-22(2)26(21)28(40)36-19-30(4)17-34(18-31(30,5)20-36)12-7-13-37(29-33-16-25(32)41-29)27(39)24-10-14-35(15-11-24)23(3)38;1-15-7-5-8-16(2)17(15)18(24)23-13-19(3)11-22(10-6-9-21)12-20(19,4)14-23;1-12-6-5-7-13(2)14(12)15(20)19-10-16(3)8-18-9-17(16,4)11-19;1-7(16)15-4-2-8(3-5-15)10(17)14-11-13-6-9(12)18-11;1-3-2-6-4(5)7-3/h6,8-9,16,24H,7,10-15,17-20H2,1-5H3;5,7-8H,6,9-14H2,1-4H3;5-7,18H,8-11H2,1-4H3;6,8H,2-5H2,1H3,(H,13,14,17);2H,1H3,(H2,5,6)/t30-,31+;19-,20+;16-,17+;;. The highest BCUT2D eigenvalue weighted by atomic mass is 35.5.